The number of aromatic nitrogens is 2. The van der Waals surface area contributed by atoms with Gasteiger partial charge in [-0.25, -0.2) is 14.2 Å². The summed E-state index contributed by atoms with van der Waals surface area (Å²) in [4.78, 5) is 0. The molecule has 0 amide bonds. The predicted octanol–water partition coefficient (Wildman–Crippen LogP) is 3.54. The Hall–Kier alpha value is -1.02. The van der Waals surface area contributed by atoms with E-state index in [2.05, 4.69) is 26.5 Å². The van der Waals surface area contributed by atoms with Gasteiger partial charge in [-0.3, -0.25) is 10.5 Å². The number of nitrogens with zero attached hydrogens (tertiary/aromatic N) is 2. The molecule has 0 aliphatic carbocycles. The fraction of sp³-hybridized carbons (Fsp3) is 0.308. The van der Waals surface area contributed by atoms with Crippen molar-refractivity contribution in [1.82, 2.24) is 15.2 Å². The Morgan fingerprint density at radius 1 is 1.48 bits per heavy atom. The Balaban J connectivity index is 2.55. The average molecular weight is 380 g/mol. The molecule has 0 bridgehead atoms. The van der Waals surface area contributed by atoms with Gasteiger partial charge in [0.25, 0.3) is 0 Å². The minimum Gasteiger partial charge on any atom is -0.271 e. The molecular weight excluding hydrogens is 366 g/mol. The molecule has 4 nitrogen and oxygen atoms in total. The van der Waals surface area contributed by atoms with Crippen LogP contribution in [0, 0.1) is 11.6 Å². The van der Waals surface area contributed by atoms with Gasteiger partial charge in [0.05, 0.1) is 27.4 Å². The predicted molar refractivity (Wildman–Crippen MR) is 80.8 cm³/mol. The van der Waals surface area contributed by atoms with Crippen LogP contribution in [0.15, 0.2) is 22.8 Å². The van der Waals surface area contributed by atoms with E-state index in [0.29, 0.717) is 22.8 Å². The van der Waals surface area contributed by atoms with Crippen molar-refractivity contribution in [2.24, 2.45) is 5.84 Å². The lowest BCUT2D eigenvalue weighted by atomic mass is 10.0. The second-order valence-corrected chi connectivity index (χ2v) is 5.67. The van der Waals surface area contributed by atoms with E-state index in [1.54, 1.807) is 4.68 Å². The highest BCUT2D eigenvalue weighted by Crippen LogP contribution is 2.34. The van der Waals surface area contributed by atoms with Crippen molar-refractivity contribution in [3.05, 3.63) is 50.7 Å². The van der Waals surface area contributed by atoms with Crippen LogP contribution in [0.5, 0.6) is 0 Å². The quantitative estimate of drug-likeness (QED) is 0.475. The van der Waals surface area contributed by atoms with Gasteiger partial charge in [-0.15, -0.1) is 0 Å². The zero-order valence-electron chi connectivity index (χ0n) is 11.2. The van der Waals surface area contributed by atoms with E-state index in [1.807, 2.05) is 6.92 Å². The molecule has 0 saturated carbocycles. The van der Waals surface area contributed by atoms with Crippen molar-refractivity contribution in [1.29, 1.82) is 0 Å². The number of aryl methyl sites for hydroxylation is 1. The molecule has 2 rings (SSSR count). The highest BCUT2D eigenvalue weighted by Gasteiger charge is 2.25. The summed E-state index contributed by atoms with van der Waals surface area (Å²) in [6, 6.07) is 1.89. The molecule has 21 heavy (non-hydrogen) atoms. The number of benzene rings is 1. The first kappa shape index (κ1) is 16.4. The summed E-state index contributed by atoms with van der Waals surface area (Å²) in [5, 5.41) is 4.58. The second-order valence-electron chi connectivity index (χ2n) is 4.47. The van der Waals surface area contributed by atoms with Gasteiger partial charge in [0.15, 0.2) is 11.6 Å². The van der Waals surface area contributed by atoms with E-state index in [1.165, 1.54) is 12.3 Å². The van der Waals surface area contributed by atoms with Crippen molar-refractivity contribution in [2.75, 3.05) is 0 Å². The van der Waals surface area contributed by atoms with Crippen LogP contribution in [-0.4, -0.2) is 9.78 Å². The van der Waals surface area contributed by atoms with Crippen LogP contribution in [0.3, 0.4) is 0 Å². The molecule has 0 aliphatic rings. The van der Waals surface area contributed by atoms with Gasteiger partial charge in [-0.05, 0) is 34.0 Å². The SMILES string of the molecule is CCCn1ncc(Cl)c1C(NN)c1ccc(F)c(F)c1Br. The molecule has 114 valence electrons. The smallest absolute Gasteiger partial charge is 0.173 e. The third-order valence-electron chi connectivity index (χ3n) is 3.08. The molecule has 1 unspecified atom stereocenters. The topological polar surface area (TPSA) is 55.9 Å². The molecule has 0 radical (unpaired) electrons. The maximum atomic E-state index is 13.7. The van der Waals surface area contributed by atoms with Crippen LogP contribution in [0.4, 0.5) is 8.78 Å². The first-order valence-corrected chi connectivity index (χ1v) is 7.49. The Labute approximate surface area is 134 Å². The minimum atomic E-state index is -0.967. The van der Waals surface area contributed by atoms with Crippen LogP contribution < -0.4 is 11.3 Å². The number of nitrogens with two attached hydrogens (primary N) is 1. The molecule has 1 aromatic carbocycles. The highest BCUT2D eigenvalue weighted by atomic mass is 79.9. The molecule has 2 aromatic rings. The van der Waals surface area contributed by atoms with Gasteiger partial charge < -0.3 is 0 Å². The fourth-order valence-corrected chi connectivity index (χ4v) is 2.93. The molecular formula is C13H14BrClF2N4. The third kappa shape index (κ3) is 3.11. The average Bonchev–Trinajstić information content (AvgIpc) is 2.82. The molecule has 0 aliphatic heterocycles. The number of halogens is 4. The maximum absolute atomic E-state index is 13.7. The highest BCUT2D eigenvalue weighted by molar-refractivity contribution is 9.10. The molecule has 0 saturated heterocycles. The lowest BCUT2D eigenvalue weighted by Gasteiger charge is -2.20. The molecule has 8 heteroatoms. The number of rotatable bonds is 5. The summed E-state index contributed by atoms with van der Waals surface area (Å²) in [6.07, 6.45) is 2.35. The summed E-state index contributed by atoms with van der Waals surface area (Å²) in [5.74, 6) is 3.70. The number of hydrogen-bond donors (Lipinski definition) is 2. The Bertz CT molecular complexity index is 647. The minimum absolute atomic E-state index is 0.00534. The number of hydrazine groups is 1. The van der Waals surface area contributed by atoms with Crippen molar-refractivity contribution in [3.63, 3.8) is 0 Å². The molecule has 0 spiro atoms. The zero-order valence-corrected chi connectivity index (χ0v) is 13.5. The fourth-order valence-electron chi connectivity index (χ4n) is 2.13. The summed E-state index contributed by atoms with van der Waals surface area (Å²) >= 11 is 9.23. The van der Waals surface area contributed by atoms with Crippen molar-refractivity contribution >= 4 is 27.5 Å². The van der Waals surface area contributed by atoms with Crippen LogP contribution in [-0.2, 0) is 6.54 Å². The molecule has 3 N–H and O–H groups in total. The van der Waals surface area contributed by atoms with Gasteiger partial charge in [0.1, 0.15) is 0 Å². The van der Waals surface area contributed by atoms with Crippen LogP contribution in [0.25, 0.3) is 0 Å². The molecule has 1 heterocycles. The monoisotopic (exact) mass is 378 g/mol. The second kappa shape index (κ2) is 6.83. The van der Waals surface area contributed by atoms with Gasteiger partial charge >= 0.3 is 0 Å². The van der Waals surface area contributed by atoms with Gasteiger partial charge in [0.2, 0.25) is 0 Å². The summed E-state index contributed by atoms with van der Waals surface area (Å²) in [7, 11) is 0. The normalized spacial score (nSPS) is 12.7. The van der Waals surface area contributed by atoms with E-state index in [0.717, 1.165) is 12.5 Å². The van der Waals surface area contributed by atoms with Crippen molar-refractivity contribution < 1.29 is 8.78 Å². The van der Waals surface area contributed by atoms with E-state index in [9.17, 15) is 8.78 Å². The van der Waals surface area contributed by atoms with Crippen molar-refractivity contribution in [2.45, 2.75) is 25.9 Å². The Morgan fingerprint density at radius 2 is 2.19 bits per heavy atom. The number of hydrogen-bond acceptors (Lipinski definition) is 3. The van der Waals surface area contributed by atoms with E-state index in [-0.39, 0.29) is 4.47 Å². The maximum Gasteiger partial charge on any atom is 0.173 e. The van der Waals surface area contributed by atoms with Gasteiger partial charge in [-0.1, -0.05) is 24.6 Å². The van der Waals surface area contributed by atoms with E-state index in [4.69, 9.17) is 17.4 Å². The van der Waals surface area contributed by atoms with Gasteiger partial charge in [-0.2, -0.15) is 5.10 Å². The lowest BCUT2D eigenvalue weighted by molar-refractivity contribution is 0.491. The van der Waals surface area contributed by atoms with Crippen molar-refractivity contribution in [3.8, 4) is 0 Å². The zero-order chi connectivity index (χ0) is 15.6. The third-order valence-corrected chi connectivity index (χ3v) is 4.18. The number of nitrogens with one attached hydrogen (secondary N) is 1. The van der Waals surface area contributed by atoms with E-state index < -0.39 is 17.7 Å². The molecule has 1 aromatic heterocycles. The summed E-state index contributed by atoms with van der Waals surface area (Å²) in [5.41, 5.74) is 3.63. The van der Waals surface area contributed by atoms with E-state index >= 15 is 0 Å². The van der Waals surface area contributed by atoms with Crippen LogP contribution in [0.1, 0.15) is 30.6 Å². The first-order valence-electron chi connectivity index (χ1n) is 6.32. The Morgan fingerprint density at radius 3 is 2.81 bits per heavy atom. The van der Waals surface area contributed by atoms with Crippen LogP contribution >= 0.6 is 27.5 Å². The van der Waals surface area contributed by atoms with Crippen LogP contribution in [0.2, 0.25) is 5.02 Å². The standard InChI is InChI=1S/C13H14BrClF2N4/c1-2-5-21-13(8(15)6-19-21)12(20-18)7-3-4-9(16)11(17)10(7)14/h3-4,6,12,20H,2,5,18H2,1H3. The summed E-state index contributed by atoms with van der Waals surface area (Å²) < 4.78 is 28.7. The molecule has 0 fully saturated rings. The van der Waals surface area contributed by atoms with Gasteiger partial charge in [0, 0.05) is 6.54 Å². The summed E-state index contributed by atoms with van der Waals surface area (Å²) in [6.45, 7) is 2.64. The first-order chi connectivity index (χ1) is 10.0. The largest absolute Gasteiger partial charge is 0.271 e. The molecule has 1 atom stereocenters. The lowest BCUT2D eigenvalue weighted by Crippen LogP contribution is -2.31. The Kier molecular flexibility index (Phi) is 5.32.